The molecule has 0 aliphatic carbocycles. The van der Waals surface area contributed by atoms with E-state index < -0.39 is 0 Å². The number of pyridine rings is 1. The van der Waals surface area contributed by atoms with Gasteiger partial charge in [0.2, 0.25) is 0 Å². The van der Waals surface area contributed by atoms with Crippen molar-refractivity contribution in [3.05, 3.63) is 24.0 Å². The molecule has 0 saturated carbocycles. The van der Waals surface area contributed by atoms with Gasteiger partial charge < -0.3 is 15.4 Å². The summed E-state index contributed by atoms with van der Waals surface area (Å²) in [6, 6.07) is 3.34. The maximum atomic E-state index is 12.3. The Labute approximate surface area is 120 Å². The van der Waals surface area contributed by atoms with Crippen LogP contribution in [0.4, 0.5) is 5.69 Å². The number of nitrogens with zero attached hydrogens (tertiary/aromatic N) is 2. The van der Waals surface area contributed by atoms with Gasteiger partial charge in [0.25, 0.3) is 5.91 Å². The fourth-order valence-corrected chi connectivity index (χ4v) is 1.61. The molecule has 1 amide bonds. The van der Waals surface area contributed by atoms with Gasteiger partial charge >= 0.3 is 0 Å². The number of halogens is 1. The van der Waals surface area contributed by atoms with Gasteiger partial charge in [0, 0.05) is 20.2 Å². The number of hydrogen-bond acceptors (Lipinski definition) is 4. The van der Waals surface area contributed by atoms with E-state index in [1.54, 1.807) is 24.1 Å². The summed E-state index contributed by atoms with van der Waals surface area (Å²) in [6.07, 6.45) is 1.50. The highest BCUT2D eigenvalue weighted by Crippen LogP contribution is 2.07. The molecule has 108 valence electrons. The van der Waals surface area contributed by atoms with Gasteiger partial charge in [0.1, 0.15) is 5.69 Å². The third-order valence-corrected chi connectivity index (χ3v) is 2.44. The molecule has 0 fully saturated rings. The van der Waals surface area contributed by atoms with Crippen LogP contribution in [0.5, 0.6) is 0 Å². The van der Waals surface area contributed by atoms with Crippen molar-refractivity contribution in [2.24, 2.45) is 5.92 Å². The largest absolute Gasteiger partial charge is 0.397 e. The number of nitrogens with two attached hydrogens (primary N) is 1. The molecule has 0 spiro atoms. The zero-order chi connectivity index (χ0) is 13.5. The number of methoxy groups -OCH3 is 1. The molecule has 1 aromatic rings. The molecule has 19 heavy (non-hydrogen) atoms. The topological polar surface area (TPSA) is 68.5 Å². The van der Waals surface area contributed by atoms with Crippen LogP contribution in [0.25, 0.3) is 0 Å². The zero-order valence-corrected chi connectivity index (χ0v) is 12.4. The molecule has 1 aromatic heterocycles. The summed E-state index contributed by atoms with van der Waals surface area (Å²) in [7, 11) is 1.62. The molecule has 0 radical (unpaired) electrons. The van der Waals surface area contributed by atoms with Gasteiger partial charge in [0.15, 0.2) is 0 Å². The van der Waals surface area contributed by atoms with Crippen molar-refractivity contribution in [1.29, 1.82) is 0 Å². The van der Waals surface area contributed by atoms with Crippen LogP contribution in [0, 0.1) is 5.92 Å². The van der Waals surface area contributed by atoms with Crippen molar-refractivity contribution >= 4 is 24.0 Å². The molecule has 0 saturated heterocycles. The molecular formula is C13H22ClN3O2. The van der Waals surface area contributed by atoms with E-state index in [0.29, 0.717) is 37.0 Å². The Kier molecular flexibility index (Phi) is 8.11. The number of ether oxygens (including phenoxy) is 1. The van der Waals surface area contributed by atoms with Crippen LogP contribution in [0.2, 0.25) is 0 Å². The van der Waals surface area contributed by atoms with Gasteiger partial charge in [-0.15, -0.1) is 12.4 Å². The minimum absolute atomic E-state index is 0. The van der Waals surface area contributed by atoms with Crippen LogP contribution in [0.3, 0.4) is 0 Å². The SMILES string of the molecule is COCCN(CC(C)C)C(=O)c1ccc(N)cn1.Cl. The van der Waals surface area contributed by atoms with Crippen LogP contribution in [-0.2, 0) is 4.74 Å². The number of aromatic nitrogens is 1. The summed E-state index contributed by atoms with van der Waals surface area (Å²) in [6.45, 7) is 5.92. The quantitative estimate of drug-likeness (QED) is 0.867. The molecule has 0 unspecified atom stereocenters. The van der Waals surface area contributed by atoms with Gasteiger partial charge in [-0.05, 0) is 18.1 Å². The molecular weight excluding hydrogens is 266 g/mol. The molecule has 0 aliphatic rings. The monoisotopic (exact) mass is 287 g/mol. The second kappa shape index (κ2) is 8.72. The Morgan fingerprint density at radius 1 is 1.47 bits per heavy atom. The first-order chi connectivity index (χ1) is 8.54. The van der Waals surface area contributed by atoms with Crippen LogP contribution in [0.1, 0.15) is 24.3 Å². The molecule has 5 nitrogen and oxygen atoms in total. The van der Waals surface area contributed by atoms with Crippen molar-refractivity contribution in [3.63, 3.8) is 0 Å². The smallest absolute Gasteiger partial charge is 0.272 e. The molecule has 1 heterocycles. The average molecular weight is 288 g/mol. The van der Waals surface area contributed by atoms with Gasteiger partial charge in [0.05, 0.1) is 18.5 Å². The fraction of sp³-hybridized carbons (Fsp3) is 0.538. The van der Waals surface area contributed by atoms with E-state index in [-0.39, 0.29) is 18.3 Å². The molecule has 0 aliphatic heterocycles. The van der Waals surface area contributed by atoms with E-state index in [0.717, 1.165) is 0 Å². The van der Waals surface area contributed by atoms with Crippen LogP contribution >= 0.6 is 12.4 Å². The van der Waals surface area contributed by atoms with Crippen molar-refractivity contribution in [3.8, 4) is 0 Å². The highest BCUT2D eigenvalue weighted by atomic mass is 35.5. The van der Waals surface area contributed by atoms with Crippen LogP contribution in [0.15, 0.2) is 18.3 Å². The van der Waals surface area contributed by atoms with E-state index in [1.807, 2.05) is 0 Å². The van der Waals surface area contributed by atoms with E-state index >= 15 is 0 Å². The Bertz CT molecular complexity index is 382. The highest BCUT2D eigenvalue weighted by molar-refractivity contribution is 5.92. The lowest BCUT2D eigenvalue weighted by Gasteiger charge is -2.23. The minimum Gasteiger partial charge on any atom is -0.397 e. The third kappa shape index (κ3) is 5.89. The summed E-state index contributed by atoms with van der Waals surface area (Å²) < 4.78 is 5.02. The number of nitrogen functional groups attached to an aromatic ring is 1. The maximum absolute atomic E-state index is 12.3. The number of amides is 1. The Hall–Kier alpha value is -1.33. The predicted octanol–water partition coefficient (Wildman–Crippen LogP) is 1.83. The lowest BCUT2D eigenvalue weighted by Crippen LogP contribution is -2.37. The van der Waals surface area contributed by atoms with E-state index in [9.17, 15) is 4.79 Å². The van der Waals surface area contributed by atoms with Crippen LogP contribution in [-0.4, -0.2) is 42.6 Å². The molecule has 1 rings (SSSR count). The Morgan fingerprint density at radius 2 is 2.16 bits per heavy atom. The predicted molar refractivity (Wildman–Crippen MR) is 78.5 cm³/mol. The first-order valence-electron chi connectivity index (χ1n) is 6.04. The van der Waals surface area contributed by atoms with Crippen molar-refractivity contribution in [2.75, 3.05) is 32.5 Å². The van der Waals surface area contributed by atoms with Gasteiger partial charge in [-0.2, -0.15) is 0 Å². The third-order valence-electron chi connectivity index (χ3n) is 2.44. The average Bonchev–Trinajstić information content (AvgIpc) is 2.34. The summed E-state index contributed by atoms with van der Waals surface area (Å²) in [4.78, 5) is 18.1. The van der Waals surface area contributed by atoms with E-state index in [2.05, 4.69) is 18.8 Å². The second-order valence-corrected chi connectivity index (χ2v) is 4.61. The fourth-order valence-electron chi connectivity index (χ4n) is 1.61. The first-order valence-corrected chi connectivity index (χ1v) is 6.04. The molecule has 6 heteroatoms. The number of carbonyl (C=O) groups excluding carboxylic acids is 1. The number of hydrogen-bond donors (Lipinski definition) is 1. The van der Waals surface area contributed by atoms with Gasteiger partial charge in [-0.3, -0.25) is 4.79 Å². The lowest BCUT2D eigenvalue weighted by atomic mass is 10.2. The Morgan fingerprint density at radius 3 is 2.63 bits per heavy atom. The van der Waals surface area contributed by atoms with E-state index in [1.165, 1.54) is 6.20 Å². The number of rotatable bonds is 6. The second-order valence-electron chi connectivity index (χ2n) is 4.61. The summed E-state index contributed by atoms with van der Waals surface area (Å²) in [5.74, 6) is 0.320. The maximum Gasteiger partial charge on any atom is 0.272 e. The normalized spacial score (nSPS) is 10.1. The van der Waals surface area contributed by atoms with Crippen molar-refractivity contribution in [2.45, 2.75) is 13.8 Å². The van der Waals surface area contributed by atoms with E-state index in [4.69, 9.17) is 10.5 Å². The van der Waals surface area contributed by atoms with Crippen LogP contribution < -0.4 is 5.73 Å². The van der Waals surface area contributed by atoms with Gasteiger partial charge in [-0.25, -0.2) is 4.98 Å². The molecule has 0 aromatic carbocycles. The zero-order valence-electron chi connectivity index (χ0n) is 11.6. The summed E-state index contributed by atoms with van der Waals surface area (Å²) in [5, 5.41) is 0. The number of anilines is 1. The molecule has 0 bridgehead atoms. The molecule has 0 atom stereocenters. The van der Waals surface area contributed by atoms with Gasteiger partial charge in [-0.1, -0.05) is 13.8 Å². The van der Waals surface area contributed by atoms with Crippen molar-refractivity contribution < 1.29 is 9.53 Å². The standard InChI is InChI=1S/C13H21N3O2.ClH/c1-10(2)9-16(6-7-18-3)13(17)12-5-4-11(14)8-15-12;/h4-5,8,10H,6-7,9,14H2,1-3H3;1H. The van der Waals surface area contributed by atoms with Crippen molar-refractivity contribution in [1.82, 2.24) is 9.88 Å². The summed E-state index contributed by atoms with van der Waals surface area (Å²) in [5.41, 5.74) is 6.53. The first kappa shape index (κ1) is 17.7. The lowest BCUT2D eigenvalue weighted by molar-refractivity contribution is 0.0666. The number of carbonyl (C=O) groups is 1. The Balaban J connectivity index is 0.00000324. The molecule has 2 N–H and O–H groups in total. The highest BCUT2D eigenvalue weighted by Gasteiger charge is 2.17. The minimum atomic E-state index is -0.0826. The summed E-state index contributed by atoms with van der Waals surface area (Å²) >= 11 is 0.